The minimum Gasteiger partial charge on any atom is -0.309 e. The molecule has 2 nitrogen and oxygen atoms in total. The second-order valence-corrected chi connectivity index (χ2v) is 13.8. The van der Waals surface area contributed by atoms with E-state index >= 15 is 0 Å². The molecule has 0 atom stereocenters. The fourth-order valence-corrected chi connectivity index (χ4v) is 8.76. The van der Waals surface area contributed by atoms with E-state index in [4.69, 9.17) is 0 Å². The van der Waals surface area contributed by atoms with Crippen LogP contribution in [0.2, 0.25) is 0 Å². The predicted molar refractivity (Wildman–Crippen MR) is 201 cm³/mol. The number of aromatic nitrogens is 2. The van der Waals surface area contributed by atoms with Crippen molar-refractivity contribution in [1.82, 2.24) is 8.80 Å². The molecule has 0 amide bonds. The highest BCUT2D eigenvalue weighted by Gasteiger charge is 2.32. The van der Waals surface area contributed by atoms with Crippen LogP contribution < -0.4 is 0 Å². The quantitative estimate of drug-likeness (QED) is 0.164. The molecule has 0 fully saturated rings. The smallest absolute Gasteiger partial charge is 0.0547 e. The zero-order valence-corrected chi connectivity index (χ0v) is 26.3. The Morgan fingerprint density at radius 3 is 1.30 bits per heavy atom. The Bertz CT molecular complexity index is 2890. The number of rotatable bonds is 0. The molecule has 2 heteroatoms. The molecular formula is C45H30N2. The summed E-state index contributed by atoms with van der Waals surface area (Å²) in [6.45, 7) is 4.74. The minimum absolute atomic E-state index is 0.0900. The molecule has 1 aliphatic carbocycles. The van der Waals surface area contributed by atoms with E-state index in [-0.39, 0.29) is 5.41 Å². The van der Waals surface area contributed by atoms with E-state index in [0.29, 0.717) is 0 Å². The van der Waals surface area contributed by atoms with Gasteiger partial charge < -0.3 is 8.80 Å². The van der Waals surface area contributed by atoms with E-state index in [0.717, 1.165) is 0 Å². The van der Waals surface area contributed by atoms with Gasteiger partial charge in [-0.15, -0.1) is 0 Å². The van der Waals surface area contributed by atoms with Gasteiger partial charge in [0.2, 0.25) is 0 Å². The molecular weight excluding hydrogens is 569 g/mol. The summed E-state index contributed by atoms with van der Waals surface area (Å²) in [5.74, 6) is 0. The van der Waals surface area contributed by atoms with Crippen molar-refractivity contribution in [2.75, 3.05) is 0 Å². The van der Waals surface area contributed by atoms with Crippen LogP contribution in [-0.2, 0) is 5.41 Å². The highest BCUT2D eigenvalue weighted by atomic mass is 14.9. The van der Waals surface area contributed by atoms with Crippen LogP contribution in [-0.4, -0.2) is 8.80 Å². The molecule has 47 heavy (non-hydrogen) atoms. The zero-order chi connectivity index (χ0) is 31.0. The number of fused-ring (bicyclic) bond motifs is 16. The molecule has 0 N–H and O–H groups in total. The molecule has 11 rings (SSSR count). The van der Waals surface area contributed by atoms with E-state index in [9.17, 15) is 0 Å². The molecule has 0 spiro atoms. The lowest BCUT2D eigenvalue weighted by Gasteiger charge is -2.22. The largest absolute Gasteiger partial charge is 0.309 e. The lowest BCUT2D eigenvalue weighted by atomic mass is 9.82. The van der Waals surface area contributed by atoms with Crippen LogP contribution in [0.25, 0.3) is 87.0 Å². The maximum Gasteiger partial charge on any atom is 0.0547 e. The number of nitrogens with zero attached hydrogens (tertiary/aromatic N) is 2. The molecule has 3 heterocycles. The van der Waals surface area contributed by atoms with E-state index in [1.165, 1.54) is 98.1 Å². The number of hydrogen-bond donors (Lipinski definition) is 0. The summed E-state index contributed by atoms with van der Waals surface area (Å²) >= 11 is 0. The van der Waals surface area contributed by atoms with Crippen molar-refractivity contribution in [1.29, 1.82) is 0 Å². The van der Waals surface area contributed by atoms with E-state index in [2.05, 4.69) is 168 Å². The molecule has 10 aromatic rings. The summed E-state index contributed by atoms with van der Waals surface area (Å²) in [6, 6.07) is 54.9. The van der Waals surface area contributed by atoms with Crippen LogP contribution >= 0.6 is 0 Å². The second-order valence-electron chi connectivity index (χ2n) is 13.8. The van der Waals surface area contributed by atoms with E-state index < -0.39 is 0 Å². The Balaban J connectivity index is 1.46. The van der Waals surface area contributed by atoms with Crippen LogP contribution in [0.15, 0.2) is 146 Å². The van der Waals surface area contributed by atoms with Gasteiger partial charge in [-0.3, -0.25) is 0 Å². The first-order valence-corrected chi connectivity index (χ1v) is 16.5. The molecule has 0 saturated heterocycles. The van der Waals surface area contributed by atoms with Crippen LogP contribution in [0, 0.1) is 0 Å². The first-order chi connectivity index (χ1) is 23.0. The Kier molecular flexibility index (Phi) is 4.68. The van der Waals surface area contributed by atoms with Crippen molar-refractivity contribution < 1.29 is 0 Å². The average Bonchev–Trinajstić information content (AvgIpc) is 3.70. The minimum atomic E-state index is -0.0900. The summed E-state index contributed by atoms with van der Waals surface area (Å²) in [6.07, 6.45) is 0. The topological polar surface area (TPSA) is 8.82 Å². The molecule has 3 aromatic heterocycles. The van der Waals surface area contributed by atoms with Crippen molar-refractivity contribution in [3.05, 3.63) is 157 Å². The van der Waals surface area contributed by atoms with Gasteiger partial charge in [0.25, 0.3) is 0 Å². The van der Waals surface area contributed by atoms with Crippen LogP contribution in [0.5, 0.6) is 0 Å². The third-order valence-electron chi connectivity index (χ3n) is 11.0. The summed E-state index contributed by atoms with van der Waals surface area (Å²) in [4.78, 5) is 0. The summed E-state index contributed by atoms with van der Waals surface area (Å²) in [7, 11) is 0. The van der Waals surface area contributed by atoms with Gasteiger partial charge in [-0.05, 0) is 98.0 Å². The van der Waals surface area contributed by atoms with Gasteiger partial charge in [0.15, 0.2) is 0 Å². The van der Waals surface area contributed by atoms with Crippen LogP contribution in [0.3, 0.4) is 0 Å². The Labute approximate surface area is 271 Å². The van der Waals surface area contributed by atoms with Crippen molar-refractivity contribution in [2.24, 2.45) is 0 Å². The molecule has 0 saturated carbocycles. The normalized spacial score (nSPS) is 13.9. The Hall–Kier alpha value is -5.86. The van der Waals surface area contributed by atoms with Gasteiger partial charge in [-0.1, -0.05) is 105 Å². The van der Waals surface area contributed by atoms with Gasteiger partial charge in [0.1, 0.15) is 0 Å². The van der Waals surface area contributed by atoms with Gasteiger partial charge in [-0.2, -0.15) is 0 Å². The molecule has 0 unspecified atom stereocenters. The van der Waals surface area contributed by atoms with E-state index in [1.807, 2.05) is 0 Å². The van der Waals surface area contributed by atoms with Crippen LogP contribution in [0.1, 0.15) is 25.0 Å². The summed E-state index contributed by atoms with van der Waals surface area (Å²) < 4.78 is 4.94. The lowest BCUT2D eigenvalue weighted by Crippen LogP contribution is -2.15. The Morgan fingerprint density at radius 2 is 0.787 bits per heavy atom. The number of benzene rings is 7. The summed E-state index contributed by atoms with van der Waals surface area (Å²) in [5.41, 5.74) is 9.99. The first kappa shape index (κ1) is 25.3. The zero-order valence-electron chi connectivity index (χ0n) is 26.3. The molecule has 220 valence electrons. The van der Waals surface area contributed by atoms with Crippen molar-refractivity contribution in [2.45, 2.75) is 19.3 Å². The standard InChI is InChI=1S/C45H30N2/c1-45(2)39-20-16-31-25-37(39)38-26-32(17-21-40(38)45)47-42-13-6-4-11-34(42)36-19-15-30(24-44(36)47)28-9-7-8-27(22-28)29-14-18-35-33-10-3-5-12-41(33)46(31)43(35)23-29/h3-26H,1-2H3. The Morgan fingerprint density at radius 1 is 0.340 bits per heavy atom. The monoisotopic (exact) mass is 598 g/mol. The van der Waals surface area contributed by atoms with Gasteiger partial charge in [-0.25, -0.2) is 0 Å². The van der Waals surface area contributed by atoms with Crippen molar-refractivity contribution >= 4 is 87.0 Å². The predicted octanol–water partition coefficient (Wildman–Crippen LogP) is 12.0. The number of hydrogen-bond acceptors (Lipinski definition) is 0. The summed E-state index contributed by atoms with van der Waals surface area (Å²) in [5, 5.41) is 12.6. The fourth-order valence-electron chi connectivity index (χ4n) is 8.76. The first-order valence-electron chi connectivity index (χ1n) is 16.5. The van der Waals surface area contributed by atoms with Crippen molar-refractivity contribution in [3.8, 4) is 0 Å². The lowest BCUT2D eigenvalue weighted by molar-refractivity contribution is 0.662. The van der Waals surface area contributed by atoms with Gasteiger partial charge in [0.05, 0.1) is 22.1 Å². The molecule has 7 aromatic carbocycles. The molecule has 0 radical (unpaired) electrons. The number of para-hydroxylation sites is 2. The fraction of sp³-hybridized carbons (Fsp3) is 0.0667. The SMILES string of the molecule is CC1(C)c2ccc3cc2c2cc(ccc21)n1c2ccccc2c2ccc(cc21)c1cccc(c1)c1ccc2c4ccccc4n3c2c1. The maximum absolute atomic E-state index is 2.47. The third-order valence-corrected chi connectivity index (χ3v) is 11.0. The highest BCUT2D eigenvalue weighted by molar-refractivity contribution is 6.13. The van der Waals surface area contributed by atoms with Crippen LogP contribution in [0.4, 0.5) is 0 Å². The maximum atomic E-state index is 2.47. The molecule has 1 aliphatic rings. The van der Waals surface area contributed by atoms with Gasteiger partial charge in [0, 0.05) is 38.0 Å². The molecule has 10 bridgehead atoms. The third kappa shape index (κ3) is 3.25. The molecule has 0 aliphatic heterocycles. The van der Waals surface area contributed by atoms with Crippen molar-refractivity contribution in [3.63, 3.8) is 0 Å². The highest BCUT2D eigenvalue weighted by Crippen LogP contribution is 2.46. The van der Waals surface area contributed by atoms with E-state index in [1.54, 1.807) is 0 Å². The second kappa shape index (κ2) is 8.69. The van der Waals surface area contributed by atoms with Gasteiger partial charge >= 0.3 is 0 Å². The average molecular weight is 599 g/mol.